The number of benzene rings is 1. The van der Waals surface area contributed by atoms with Gasteiger partial charge in [-0.25, -0.2) is 0 Å². The Hall–Kier alpha value is -1.46. The molecule has 1 aromatic carbocycles. The topological polar surface area (TPSA) is 75.4 Å². The summed E-state index contributed by atoms with van der Waals surface area (Å²) in [6.45, 7) is 2.70. The number of aliphatic hydroxyl groups is 1. The standard InChI is InChI=1S/C11H16N2O3/c1-2-10(8-14)12-7-9-3-5-11(6-4-9)13(15)16/h3-6,10,12,14H,2,7-8H2,1H3. The van der Waals surface area contributed by atoms with Gasteiger partial charge >= 0.3 is 0 Å². The first-order valence-electron chi connectivity index (χ1n) is 5.25. The summed E-state index contributed by atoms with van der Waals surface area (Å²) < 4.78 is 0. The molecule has 0 aliphatic carbocycles. The molecule has 1 rings (SSSR count). The zero-order valence-corrected chi connectivity index (χ0v) is 9.22. The van der Waals surface area contributed by atoms with Gasteiger partial charge in [0.15, 0.2) is 0 Å². The molecule has 1 atom stereocenters. The second-order valence-electron chi connectivity index (χ2n) is 3.59. The van der Waals surface area contributed by atoms with Gasteiger partial charge in [0.25, 0.3) is 5.69 Å². The molecule has 1 aromatic rings. The Morgan fingerprint density at radius 1 is 1.44 bits per heavy atom. The Balaban J connectivity index is 2.52. The van der Waals surface area contributed by atoms with E-state index in [0.717, 1.165) is 12.0 Å². The summed E-state index contributed by atoms with van der Waals surface area (Å²) in [7, 11) is 0. The van der Waals surface area contributed by atoms with Gasteiger partial charge in [0, 0.05) is 24.7 Å². The number of nitrogens with zero attached hydrogens (tertiary/aromatic N) is 1. The Labute approximate surface area is 94.3 Å². The third kappa shape index (κ3) is 3.60. The first kappa shape index (κ1) is 12.6. The quantitative estimate of drug-likeness (QED) is 0.566. The Morgan fingerprint density at radius 2 is 2.06 bits per heavy atom. The largest absolute Gasteiger partial charge is 0.395 e. The third-order valence-electron chi connectivity index (χ3n) is 2.46. The molecular weight excluding hydrogens is 208 g/mol. The van der Waals surface area contributed by atoms with Crippen molar-refractivity contribution < 1.29 is 10.0 Å². The number of aliphatic hydroxyl groups excluding tert-OH is 1. The minimum atomic E-state index is -0.417. The SMILES string of the molecule is CCC(CO)NCc1ccc([N+](=O)[O-])cc1. The highest BCUT2D eigenvalue weighted by Gasteiger charge is 2.06. The minimum Gasteiger partial charge on any atom is -0.395 e. The maximum atomic E-state index is 10.4. The Kier molecular flexibility index (Phi) is 4.88. The van der Waals surface area contributed by atoms with Crippen LogP contribution < -0.4 is 5.32 Å². The van der Waals surface area contributed by atoms with E-state index >= 15 is 0 Å². The predicted molar refractivity (Wildman–Crippen MR) is 61.1 cm³/mol. The first-order valence-corrected chi connectivity index (χ1v) is 5.25. The summed E-state index contributed by atoms with van der Waals surface area (Å²) >= 11 is 0. The van der Waals surface area contributed by atoms with Gasteiger partial charge in [-0.15, -0.1) is 0 Å². The number of nitro benzene ring substituents is 1. The lowest BCUT2D eigenvalue weighted by atomic mass is 10.2. The van der Waals surface area contributed by atoms with Crippen molar-refractivity contribution in [2.75, 3.05) is 6.61 Å². The molecule has 0 aromatic heterocycles. The Morgan fingerprint density at radius 3 is 2.50 bits per heavy atom. The van der Waals surface area contributed by atoms with Crippen LogP contribution in [0.4, 0.5) is 5.69 Å². The summed E-state index contributed by atoms with van der Waals surface area (Å²) in [6.07, 6.45) is 0.851. The second-order valence-corrected chi connectivity index (χ2v) is 3.59. The molecule has 0 bridgehead atoms. The van der Waals surface area contributed by atoms with Crippen molar-refractivity contribution in [2.24, 2.45) is 0 Å². The molecule has 0 fully saturated rings. The average Bonchev–Trinajstić information content (AvgIpc) is 2.31. The molecule has 0 aliphatic rings. The van der Waals surface area contributed by atoms with Crippen molar-refractivity contribution in [1.29, 1.82) is 0 Å². The highest BCUT2D eigenvalue weighted by molar-refractivity contribution is 5.32. The molecule has 5 heteroatoms. The van der Waals surface area contributed by atoms with Gasteiger partial charge < -0.3 is 10.4 Å². The molecule has 0 spiro atoms. The molecule has 0 aliphatic heterocycles. The van der Waals surface area contributed by atoms with E-state index < -0.39 is 4.92 Å². The van der Waals surface area contributed by atoms with E-state index in [1.807, 2.05) is 6.92 Å². The van der Waals surface area contributed by atoms with E-state index in [-0.39, 0.29) is 18.3 Å². The number of hydrogen-bond acceptors (Lipinski definition) is 4. The van der Waals surface area contributed by atoms with Crippen molar-refractivity contribution in [3.05, 3.63) is 39.9 Å². The number of nitro groups is 1. The normalized spacial score (nSPS) is 12.4. The molecule has 1 unspecified atom stereocenters. The van der Waals surface area contributed by atoms with Crippen LogP contribution >= 0.6 is 0 Å². The van der Waals surface area contributed by atoms with Crippen LogP contribution in [0.25, 0.3) is 0 Å². The summed E-state index contributed by atoms with van der Waals surface area (Å²) in [5.74, 6) is 0. The predicted octanol–water partition coefficient (Wildman–Crippen LogP) is 1.46. The van der Waals surface area contributed by atoms with Gasteiger partial charge in [0.1, 0.15) is 0 Å². The van der Waals surface area contributed by atoms with Crippen LogP contribution in [0.2, 0.25) is 0 Å². The van der Waals surface area contributed by atoms with E-state index in [9.17, 15) is 10.1 Å². The fraction of sp³-hybridized carbons (Fsp3) is 0.455. The third-order valence-corrected chi connectivity index (χ3v) is 2.46. The van der Waals surface area contributed by atoms with Crippen LogP contribution in [-0.2, 0) is 6.54 Å². The summed E-state index contributed by atoms with van der Waals surface area (Å²) in [4.78, 5) is 10.0. The van der Waals surface area contributed by atoms with Crippen molar-refractivity contribution in [3.8, 4) is 0 Å². The van der Waals surface area contributed by atoms with Crippen LogP contribution in [0.1, 0.15) is 18.9 Å². The van der Waals surface area contributed by atoms with Crippen LogP contribution in [0.15, 0.2) is 24.3 Å². The van der Waals surface area contributed by atoms with Crippen molar-refractivity contribution >= 4 is 5.69 Å². The molecule has 0 saturated heterocycles. The fourth-order valence-electron chi connectivity index (χ4n) is 1.34. The van der Waals surface area contributed by atoms with E-state index in [1.54, 1.807) is 12.1 Å². The maximum Gasteiger partial charge on any atom is 0.269 e. The van der Waals surface area contributed by atoms with E-state index in [4.69, 9.17) is 5.11 Å². The van der Waals surface area contributed by atoms with Crippen LogP contribution in [0.3, 0.4) is 0 Å². The molecule has 0 heterocycles. The molecule has 88 valence electrons. The molecule has 5 nitrogen and oxygen atoms in total. The van der Waals surface area contributed by atoms with Gasteiger partial charge in [0.05, 0.1) is 11.5 Å². The van der Waals surface area contributed by atoms with Gasteiger partial charge in [-0.1, -0.05) is 19.1 Å². The lowest BCUT2D eigenvalue weighted by molar-refractivity contribution is -0.384. The minimum absolute atomic E-state index is 0.0789. The van der Waals surface area contributed by atoms with Crippen molar-refractivity contribution in [2.45, 2.75) is 25.9 Å². The van der Waals surface area contributed by atoms with Crippen LogP contribution in [0, 0.1) is 10.1 Å². The van der Waals surface area contributed by atoms with Crippen LogP contribution in [-0.4, -0.2) is 22.7 Å². The van der Waals surface area contributed by atoms with E-state index in [0.29, 0.717) is 6.54 Å². The zero-order valence-electron chi connectivity index (χ0n) is 9.22. The number of hydrogen-bond donors (Lipinski definition) is 2. The van der Waals surface area contributed by atoms with Gasteiger partial charge in [-0.3, -0.25) is 10.1 Å². The average molecular weight is 224 g/mol. The highest BCUT2D eigenvalue weighted by atomic mass is 16.6. The molecule has 16 heavy (non-hydrogen) atoms. The lowest BCUT2D eigenvalue weighted by Crippen LogP contribution is -2.31. The van der Waals surface area contributed by atoms with Crippen molar-refractivity contribution in [3.63, 3.8) is 0 Å². The van der Waals surface area contributed by atoms with E-state index in [1.165, 1.54) is 12.1 Å². The van der Waals surface area contributed by atoms with Gasteiger partial charge in [0.2, 0.25) is 0 Å². The second kappa shape index (κ2) is 6.19. The summed E-state index contributed by atoms with van der Waals surface area (Å²) in [6, 6.07) is 6.48. The fourth-order valence-corrected chi connectivity index (χ4v) is 1.34. The smallest absolute Gasteiger partial charge is 0.269 e. The van der Waals surface area contributed by atoms with Crippen LogP contribution in [0.5, 0.6) is 0 Å². The maximum absolute atomic E-state index is 10.4. The number of rotatable bonds is 6. The lowest BCUT2D eigenvalue weighted by Gasteiger charge is -2.13. The molecule has 0 amide bonds. The van der Waals surface area contributed by atoms with Gasteiger partial charge in [-0.05, 0) is 12.0 Å². The molecule has 0 saturated carbocycles. The molecular formula is C11H16N2O3. The van der Waals surface area contributed by atoms with E-state index in [2.05, 4.69) is 5.32 Å². The first-order chi connectivity index (χ1) is 7.67. The van der Waals surface area contributed by atoms with Gasteiger partial charge in [-0.2, -0.15) is 0 Å². The zero-order chi connectivity index (χ0) is 12.0. The highest BCUT2D eigenvalue weighted by Crippen LogP contribution is 2.11. The molecule has 0 radical (unpaired) electrons. The Bertz CT molecular complexity index is 334. The summed E-state index contributed by atoms with van der Waals surface area (Å²) in [5, 5.41) is 22.6. The number of nitrogens with one attached hydrogen (secondary N) is 1. The monoisotopic (exact) mass is 224 g/mol. The van der Waals surface area contributed by atoms with Crippen molar-refractivity contribution in [1.82, 2.24) is 5.32 Å². The molecule has 2 N–H and O–H groups in total. The number of non-ortho nitro benzene ring substituents is 1. The summed E-state index contributed by atoms with van der Waals surface area (Å²) in [5.41, 5.74) is 1.07.